The smallest absolute Gasteiger partial charge is 0.255 e. The number of hydrogen-bond donors (Lipinski definition) is 1. The lowest BCUT2D eigenvalue weighted by Gasteiger charge is -2.18. The zero-order valence-electron chi connectivity index (χ0n) is 17.5. The van der Waals surface area contributed by atoms with E-state index in [0.29, 0.717) is 17.1 Å². The molecule has 0 aliphatic carbocycles. The molecule has 0 spiro atoms. The number of aryl methyl sites for hydroxylation is 1. The molecule has 30 heavy (non-hydrogen) atoms. The number of carbonyl (C=O) groups excluding carboxylic acids is 1. The lowest BCUT2D eigenvalue weighted by atomic mass is 10.2. The summed E-state index contributed by atoms with van der Waals surface area (Å²) in [5, 5.41) is 3.87. The zero-order valence-corrected chi connectivity index (χ0v) is 18.3. The van der Waals surface area contributed by atoms with Gasteiger partial charge in [-0.1, -0.05) is 12.1 Å². The first kappa shape index (κ1) is 23.2. The van der Waals surface area contributed by atoms with Gasteiger partial charge in [0, 0.05) is 12.6 Å². The molecule has 0 fully saturated rings. The van der Waals surface area contributed by atoms with Gasteiger partial charge in [-0.2, -0.15) is 9.41 Å². The molecule has 0 aliphatic rings. The largest absolute Gasteiger partial charge is 0.495 e. The van der Waals surface area contributed by atoms with Crippen molar-refractivity contribution < 1.29 is 27.4 Å². The molecule has 0 atom stereocenters. The Balaban J connectivity index is 2.10. The van der Waals surface area contributed by atoms with Crippen molar-refractivity contribution >= 4 is 22.1 Å². The van der Waals surface area contributed by atoms with Gasteiger partial charge in [0.1, 0.15) is 10.6 Å². The van der Waals surface area contributed by atoms with Crippen molar-refractivity contribution in [2.45, 2.75) is 11.8 Å². The Morgan fingerprint density at radius 1 is 1.10 bits per heavy atom. The second kappa shape index (κ2) is 10.1. The Bertz CT molecular complexity index is 1040. The van der Waals surface area contributed by atoms with E-state index in [1.807, 2.05) is 0 Å². The third-order valence-corrected chi connectivity index (χ3v) is 6.02. The highest BCUT2D eigenvalue weighted by Crippen LogP contribution is 2.29. The van der Waals surface area contributed by atoms with Crippen LogP contribution in [0.2, 0.25) is 0 Å². The van der Waals surface area contributed by atoms with Crippen LogP contribution in [0.4, 0.5) is 0 Å². The van der Waals surface area contributed by atoms with Gasteiger partial charge in [0.25, 0.3) is 5.91 Å². The lowest BCUT2D eigenvalue weighted by molar-refractivity contribution is -0.121. The molecule has 0 radical (unpaired) electrons. The Kier molecular flexibility index (Phi) is 7.79. The number of nitrogens with one attached hydrogen (secondary N) is 1. The highest BCUT2D eigenvalue weighted by atomic mass is 32.2. The number of methoxy groups -OCH3 is 3. The first-order chi connectivity index (χ1) is 14.2. The van der Waals surface area contributed by atoms with Crippen LogP contribution >= 0.6 is 0 Å². The van der Waals surface area contributed by atoms with Crippen molar-refractivity contribution in [3.8, 4) is 17.2 Å². The molecule has 1 amide bonds. The third kappa shape index (κ3) is 5.28. The molecule has 162 valence electrons. The SMILES string of the molecule is COc1ccc(C)cc1S(=O)(=O)N(C)CC(=O)N/N=C/c1cccc(OC)c1OC. The normalized spacial score (nSPS) is 11.5. The first-order valence-electron chi connectivity index (χ1n) is 8.88. The van der Waals surface area contributed by atoms with Crippen molar-refractivity contribution in [3.05, 3.63) is 47.5 Å². The van der Waals surface area contributed by atoms with E-state index in [-0.39, 0.29) is 10.6 Å². The van der Waals surface area contributed by atoms with Crippen LogP contribution in [0.5, 0.6) is 17.2 Å². The molecule has 0 heterocycles. The number of ether oxygens (including phenoxy) is 3. The number of hydrazone groups is 1. The fourth-order valence-electron chi connectivity index (χ4n) is 2.66. The second-order valence-electron chi connectivity index (χ2n) is 6.29. The molecule has 0 aliphatic heterocycles. The topological polar surface area (TPSA) is 107 Å². The molecule has 0 unspecified atom stereocenters. The number of rotatable bonds is 9. The summed E-state index contributed by atoms with van der Waals surface area (Å²) in [5.74, 6) is 0.580. The molecule has 0 saturated heterocycles. The van der Waals surface area contributed by atoms with Gasteiger partial charge in [-0.15, -0.1) is 0 Å². The maximum Gasteiger partial charge on any atom is 0.255 e. The Morgan fingerprint density at radius 3 is 2.43 bits per heavy atom. The zero-order chi connectivity index (χ0) is 22.3. The van der Waals surface area contributed by atoms with Gasteiger partial charge in [0.2, 0.25) is 10.0 Å². The van der Waals surface area contributed by atoms with Gasteiger partial charge in [0.05, 0.1) is 34.1 Å². The maximum atomic E-state index is 12.8. The summed E-state index contributed by atoms with van der Waals surface area (Å²) >= 11 is 0. The fourth-order valence-corrected chi connectivity index (χ4v) is 4.03. The van der Waals surface area contributed by atoms with Gasteiger partial charge in [0.15, 0.2) is 11.5 Å². The summed E-state index contributed by atoms with van der Waals surface area (Å²) in [7, 11) is 1.77. The van der Waals surface area contributed by atoms with Gasteiger partial charge in [-0.3, -0.25) is 4.79 Å². The highest BCUT2D eigenvalue weighted by molar-refractivity contribution is 7.89. The molecule has 2 aromatic rings. The van der Waals surface area contributed by atoms with E-state index in [1.54, 1.807) is 37.3 Å². The van der Waals surface area contributed by atoms with E-state index in [0.717, 1.165) is 9.87 Å². The van der Waals surface area contributed by atoms with Crippen molar-refractivity contribution in [2.24, 2.45) is 5.10 Å². The Hall–Kier alpha value is -3.11. The van der Waals surface area contributed by atoms with Crippen LogP contribution in [-0.4, -0.2) is 59.8 Å². The summed E-state index contributed by atoms with van der Waals surface area (Å²) < 4.78 is 42.3. The predicted molar refractivity (Wildman–Crippen MR) is 113 cm³/mol. The summed E-state index contributed by atoms with van der Waals surface area (Å²) in [6, 6.07) is 10.0. The number of amides is 1. The Labute approximate surface area is 176 Å². The van der Waals surface area contributed by atoms with Gasteiger partial charge >= 0.3 is 0 Å². The van der Waals surface area contributed by atoms with Crippen molar-refractivity contribution in [2.75, 3.05) is 34.9 Å². The summed E-state index contributed by atoms with van der Waals surface area (Å²) in [4.78, 5) is 12.2. The number of hydrogen-bond acceptors (Lipinski definition) is 7. The second-order valence-corrected chi connectivity index (χ2v) is 8.30. The molecule has 10 heteroatoms. The van der Waals surface area contributed by atoms with E-state index < -0.39 is 22.5 Å². The van der Waals surface area contributed by atoms with Crippen LogP contribution in [-0.2, 0) is 14.8 Å². The lowest BCUT2D eigenvalue weighted by Crippen LogP contribution is -2.36. The average Bonchev–Trinajstić information content (AvgIpc) is 2.73. The first-order valence-corrected chi connectivity index (χ1v) is 10.3. The van der Waals surface area contributed by atoms with E-state index >= 15 is 0 Å². The standard InChI is InChI=1S/C20H25N3O6S/c1-14-9-10-16(27-3)18(11-14)30(25,26)23(2)13-19(24)22-21-12-15-7-6-8-17(28-4)20(15)29-5/h6-12H,13H2,1-5H3,(H,22,24)/b21-12+. The fraction of sp³-hybridized carbons (Fsp3) is 0.300. The van der Waals surface area contributed by atoms with E-state index in [2.05, 4.69) is 10.5 Å². The summed E-state index contributed by atoms with van der Waals surface area (Å²) in [6.07, 6.45) is 1.39. The quantitative estimate of drug-likeness (QED) is 0.475. The van der Waals surface area contributed by atoms with Crippen molar-refractivity contribution in [3.63, 3.8) is 0 Å². The van der Waals surface area contributed by atoms with Crippen LogP contribution in [0, 0.1) is 6.92 Å². The van der Waals surface area contributed by atoms with Crippen LogP contribution in [0.25, 0.3) is 0 Å². The highest BCUT2D eigenvalue weighted by Gasteiger charge is 2.26. The average molecular weight is 436 g/mol. The molecular formula is C20H25N3O6S. The number of para-hydroxylation sites is 1. The maximum absolute atomic E-state index is 12.8. The molecule has 2 rings (SSSR count). The Morgan fingerprint density at radius 2 is 1.80 bits per heavy atom. The van der Waals surface area contributed by atoms with E-state index in [9.17, 15) is 13.2 Å². The molecule has 9 nitrogen and oxygen atoms in total. The molecule has 0 saturated carbocycles. The number of benzene rings is 2. The van der Waals surface area contributed by atoms with Gasteiger partial charge in [-0.25, -0.2) is 13.8 Å². The molecule has 0 bridgehead atoms. The van der Waals surface area contributed by atoms with E-state index in [1.165, 1.54) is 40.7 Å². The number of likely N-dealkylation sites (N-methyl/N-ethyl adjacent to an activating group) is 1. The number of carbonyl (C=O) groups is 1. The molecular weight excluding hydrogens is 410 g/mol. The molecule has 0 aromatic heterocycles. The van der Waals surface area contributed by atoms with Crippen molar-refractivity contribution in [1.82, 2.24) is 9.73 Å². The number of nitrogens with zero attached hydrogens (tertiary/aromatic N) is 2. The summed E-state index contributed by atoms with van der Waals surface area (Å²) in [6.45, 7) is 1.35. The van der Waals surface area contributed by atoms with Crippen LogP contribution in [0.1, 0.15) is 11.1 Å². The van der Waals surface area contributed by atoms with Gasteiger partial charge in [-0.05, 0) is 36.8 Å². The van der Waals surface area contributed by atoms with Crippen LogP contribution in [0.15, 0.2) is 46.4 Å². The van der Waals surface area contributed by atoms with Gasteiger partial charge < -0.3 is 14.2 Å². The number of sulfonamides is 1. The molecule has 2 aromatic carbocycles. The van der Waals surface area contributed by atoms with E-state index in [4.69, 9.17) is 14.2 Å². The van der Waals surface area contributed by atoms with Crippen LogP contribution in [0.3, 0.4) is 0 Å². The monoisotopic (exact) mass is 435 g/mol. The minimum absolute atomic E-state index is 0.00933. The summed E-state index contributed by atoms with van der Waals surface area (Å²) in [5.41, 5.74) is 3.65. The van der Waals surface area contributed by atoms with Crippen molar-refractivity contribution in [1.29, 1.82) is 0 Å². The minimum atomic E-state index is -3.94. The predicted octanol–water partition coefficient (Wildman–Crippen LogP) is 1.79. The third-order valence-electron chi connectivity index (χ3n) is 4.20. The molecule has 1 N–H and O–H groups in total. The minimum Gasteiger partial charge on any atom is -0.495 e. The van der Waals surface area contributed by atoms with Crippen LogP contribution < -0.4 is 19.6 Å².